The van der Waals surface area contributed by atoms with Gasteiger partial charge in [0.25, 0.3) is 0 Å². The lowest BCUT2D eigenvalue weighted by Crippen LogP contribution is -2.03. The summed E-state index contributed by atoms with van der Waals surface area (Å²) in [6.45, 7) is 1.58. The van der Waals surface area contributed by atoms with Crippen LogP contribution < -0.4 is 0 Å². The van der Waals surface area contributed by atoms with E-state index in [4.69, 9.17) is 28.3 Å². The van der Waals surface area contributed by atoms with Crippen LogP contribution in [0.15, 0.2) is 60.2 Å². The van der Waals surface area contributed by atoms with Crippen molar-refractivity contribution in [3.05, 3.63) is 81.4 Å². The first-order valence-electron chi connectivity index (χ1n) is 6.40. The number of hydrogen-bond acceptors (Lipinski definition) is 1. The van der Waals surface area contributed by atoms with E-state index in [2.05, 4.69) is 0 Å². The first kappa shape index (κ1) is 15.6. The van der Waals surface area contributed by atoms with E-state index in [1.165, 1.54) is 0 Å². The van der Waals surface area contributed by atoms with Crippen molar-refractivity contribution >= 4 is 29.2 Å². The van der Waals surface area contributed by atoms with Crippen molar-refractivity contribution in [2.45, 2.75) is 12.8 Å². The maximum absolute atomic E-state index is 11.1. The highest BCUT2D eigenvalue weighted by Crippen LogP contribution is 2.29. The van der Waals surface area contributed by atoms with Crippen LogP contribution in [0.4, 0.5) is 0 Å². The maximum atomic E-state index is 11.1. The largest absolute Gasteiger partial charge is 0.478 e. The highest BCUT2D eigenvalue weighted by Gasteiger charge is 2.14. The van der Waals surface area contributed by atoms with Gasteiger partial charge in [-0.2, -0.15) is 0 Å². The minimum atomic E-state index is -0.934. The summed E-state index contributed by atoms with van der Waals surface area (Å²) in [5, 5.41) is 10.4. The summed E-state index contributed by atoms with van der Waals surface area (Å²) < 4.78 is 0. The molecule has 21 heavy (non-hydrogen) atoms. The molecular formula is C17H14Cl2O2. The molecule has 0 amide bonds. The minimum absolute atomic E-state index is 0.183. The van der Waals surface area contributed by atoms with E-state index in [-0.39, 0.29) is 11.5 Å². The topological polar surface area (TPSA) is 37.3 Å². The fourth-order valence-electron chi connectivity index (χ4n) is 2.08. The number of benzene rings is 2. The molecule has 0 saturated heterocycles. The predicted molar refractivity (Wildman–Crippen MR) is 86.1 cm³/mol. The lowest BCUT2D eigenvalue weighted by atomic mass is 9.89. The molecule has 1 unspecified atom stereocenters. The molecule has 2 nitrogen and oxygen atoms in total. The van der Waals surface area contributed by atoms with Crippen LogP contribution in [0.3, 0.4) is 0 Å². The van der Waals surface area contributed by atoms with E-state index in [9.17, 15) is 4.79 Å². The quantitative estimate of drug-likeness (QED) is 0.790. The molecule has 0 heterocycles. The van der Waals surface area contributed by atoms with Crippen LogP contribution in [0.2, 0.25) is 10.0 Å². The summed E-state index contributed by atoms with van der Waals surface area (Å²) in [6, 6.07) is 14.8. The summed E-state index contributed by atoms with van der Waals surface area (Å²) in [7, 11) is 0. The number of halogens is 2. The Kier molecular flexibility index (Phi) is 5.05. The summed E-state index contributed by atoms with van der Waals surface area (Å²) >= 11 is 12.0. The first-order valence-corrected chi connectivity index (χ1v) is 7.15. The van der Waals surface area contributed by atoms with Crippen molar-refractivity contribution in [2.75, 3.05) is 0 Å². The van der Waals surface area contributed by atoms with E-state index in [1.807, 2.05) is 30.3 Å². The van der Waals surface area contributed by atoms with Crippen LogP contribution in [-0.4, -0.2) is 11.1 Å². The number of hydrogen-bond donors (Lipinski definition) is 1. The van der Waals surface area contributed by atoms with Gasteiger partial charge in [-0.1, -0.05) is 53.5 Å². The zero-order chi connectivity index (χ0) is 15.4. The SMILES string of the molecule is CC(=CC(c1ccc(Cl)cc1)c1cccc(Cl)c1)C(=O)O. The molecule has 0 aliphatic carbocycles. The van der Waals surface area contributed by atoms with Gasteiger partial charge < -0.3 is 5.11 Å². The molecule has 0 aliphatic rings. The van der Waals surface area contributed by atoms with Crippen molar-refractivity contribution in [1.82, 2.24) is 0 Å². The molecule has 0 saturated carbocycles. The molecule has 0 aromatic heterocycles. The highest BCUT2D eigenvalue weighted by molar-refractivity contribution is 6.30. The fraction of sp³-hybridized carbons (Fsp3) is 0.118. The standard InChI is InChI=1S/C17H14Cl2O2/c1-11(17(20)21)9-16(12-5-7-14(18)8-6-12)13-3-2-4-15(19)10-13/h2-10,16H,1H3,(H,20,21). The molecule has 0 radical (unpaired) electrons. The van der Waals surface area contributed by atoms with Crippen molar-refractivity contribution in [3.8, 4) is 0 Å². The predicted octanol–water partition coefficient (Wildman–Crippen LogP) is 5.16. The van der Waals surface area contributed by atoms with Gasteiger partial charge in [0.1, 0.15) is 0 Å². The summed E-state index contributed by atoms with van der Waals surface area (Å²) in [5.41, 5.74) is 2.18. The van der Waals surface area contributed by atoms with Gasteiger partial charge in [-0.05, 0) is 42.3 Å². The minimum Gasteiger partial charge on any atom is -0.478 e. The third-order valence-corrected chi connectivity index (χ3v) is 3.68. The molecule has 2 rings (SSSR count). The Bertz CT molecular complexity index is 675. The van der Waals surface area contributed by atoms with Crippen LogP contribution in [0, 0.1) is 0 Å². The number of aliphatic carboxylic acids is 1. The molecule has 2 aromatic rings. The Labute approximate surface area is 133 Å². The van der Waals surface area contributed by atoms with Gasteiger partial charge in [0.2, 0.25) is 0 Å². The molecule has 108 valence electrons. The lowest BCUT2D eigenvalue weighted by Gasteiger charge is -2.15. The van der Waals surface area contributed by atoms with Gasteiger partial charge in [0, 0.05) is 21.5 Å². The van der Waals surface area contributed by atoms with Crippen molar-refractivity contribution in [2.24, 2.45) is 0 Å². The number of carboxylic acid groups (broad SMARTS) is 1. The highest BCUT2D eigenvalue weighted by atomic mass is 35.5. The van der Waals surface area contributed by atoms with Gasteiger partial charge in [-0.3, -0.25) is 0 Å². The molecule has 1 N–H and O–H groups in total. The van der Waals surface area contributed by atoms with E-state index in [1.54, 1.807) is 31.2 Å². The van der Waals surface area contributed by atoms with Gasteiger partial charge >= 0.3 is 5.97 Å². The van der Waals surface area contributed by atoms with Crippen molar-refractivity contribution in [1.29, 1.82) is 0 Å². The summed E-state index contributed by atoms with van der Waals surface area (Å²) in [6.07, 6.45) is 1.72. The second kappa shape index (κ2) is 6.79. The van der Waals surface area contributed by atoms with Crippen molar-refractivity contribution < 1.29 is 9.90 Å². The Morgan fingerprint density at radius 3 is 2.29 bits per heavy atom. The average Bonchev–Trinajstić information content (AvgIpc) is 2.45. The number of carbonyl (C=O) groups is 1. The van der Waals surface area contributed by atoms with Crippen LogP contribution >= 0.6 is 23.2 Å². The molecule has 0 bridgehead atoms. The van der Waals surface area contributed by atoms with E-state index in [0.717, 1.165) is 11.1 Å². The fourth-order valence-corrected chi connectivity index (χ4v) is 2.40. The van der Waals surface area contributed by atoms with E-state index in [0.29, 0.717) is 10.0 Å². The number of rotatable bonds is 4. The normalized spacial score (nSPS) is 13.0. The third-order valence-electron chi connectivity index (χ3n) is 3.19. The van der Waals surface area contributed by atoms with Crippen LogP contribution in [0.5, 0.6) is 0 Å². The molecular weight excluding hydrogens is 307 g/mol. The lowest BCUT2D eigenvalue weighted by molar-refractivity contribution is -0.132. The van der Waals surface area contributed by atoms with Gasteiger partial charge in [-0.25, -0.2) is 4.79 Å². The first-order chi connectivity index (χ1) is 9.97. The zero-order valence-electron chi connectivity index (χ0n) is 11.4. The van der Waals surface area contributed by atoms with Crippen LogP contribution in [-0.2, 0) is 4.79 Å². The van der Waals surface area contributed by atoms with E-state index < -0.39 is 5.97 Å². The van der Waals surface area contributed by atoms with Gasteiger partial charge in [-0.15, -0.1) is 0 Å². The Morgan fingerprint density at radius 2 is 1.71 bits per heavy atom. The molecule has 0 fully saturated rings. The molecule has 0 aliphatic heterocycles. The Morgan fingerprint density at radius 1 is 1.05 bits per heavy atom. The number of allylic oxidation sites excluding steroid dienone is 1. The zero-order valence-corrected chi connectivity index (χ0v) is 12.9. The van der Waals surface area contributed by atoms with Crippen molar-refractivity contribution in [3.63, 3.8) is 0 Å². The average molecular weight is 321 g/mol. The third kappa shape index (κ3) is 4.10. The monoisotopic (exact) mass is 320 g/mol. The Hall–Kier alpha value is -1.77. The van der Waals surface area contributed by atoms with Crippen LogP contribution in [0.25, 0.3) is 0 Å². The number of carboxylic acids is 1. The molecule has 2 aromatic carbocycles. The van der Waals surface area contributed by atoms with E-state index >= 15 is 0 Å². The maximum Gasteiger partial charge on any atom is 0.330 e. The molecule has 1 atom stereocenters. The summed E-state index contributed by atoms with van der Waals surface area (Å²) in [5.74, 6) is -1.12. The Balaban J connectivity index is 2.51. The second-order valence-corrected chi connectivity index (χ2v) is 5.61. The molecule has 4 heteroatoms. The van der Waals surface area contributed by atoms with Gasteiger partial charge in [0.15, 0.2) is 0 Å². The van der Waals surface area contributed by atoms with Crippen LogP contribution in [0.1, 0.15) is 24.0 Å². The summed E-state index contributed by atoms with van der Waals surface area (Å²) in [4.78, 5) is 11.1. The second-order valence-electron chi connectivity index (χ2n) is 4.74. The molecule has 0 spiro atoms. The smallest absolute Gasteiger partial charge is 0.330 e. The van der Waals surface area contributed by atoms with Gasteiger partial charge in [0.05, 0.1) is 0 Å².